The van der Waals surface area contributed by atoms with Gasteiger partial charge in [-0.2, -0.15) is 0 Å². The molecule has 0 unspecified atom stereocenters. The summed E-state index contributed by atoms with van der Waals surface area (Å²) in [5.41, 5.74) is 3.83. The van der Waals surface area contributed by atoms with Crippen LogP contribution in [0.1, 0.15) is 16.1 Å². The van der Waals surface area contributed by atoms with Gasteiger partial charge in [-0.3, -0.25) is 4.79 Å². The molecule has 0 atom stereocenters. The van der Waals surface area contributed by atoms with Gasteiger partial charge in [-0.25, -0.2) is 0 Å². The average Bonchev–Trinajstić information content (AvgIpc) is 3.11. The molecule has 0 fully saturated rings. The molecule has 0 aliphatic rings. The van der Waals surface area contributed by atoms with Gasteiger partial charge in [-0.05, 0) is 53.1 Å². The summed E-state index contributed by atoms with van der Waals surface area (Å²) in [6.45, 7) is 0. The van der Waals surface area contributed by atoms with E-state index in [2.05, 4.69) is 12.1 Å². The van der Waals surface area contributed by atoms with E-state index in [1.807, 2.05) is 48.5 Å². The minimum absolute atomic E-state index is 0. The third kappa shape index (κ3) is 4.30. The van der Waals surface area contributed by atoms with Gasteiger partial charge < -0.3 is 4.42 Å². The van der Waals surface area contributed by atoms with Crippen molar-refractivity contribution in [3.63, 3.8) is 0 Å². The highest BCUT2D eigenvalue weighted by molar-refractivity contribution is 6.30. The van der Waals surface area contributed by atoms with Crippen molar-refractivity contribution >= 4 is 46.8 Å². The van der Waals surface area contributed by atoms with Crippen LogP contribution in [-0.2, 0) is 0 Å². The second-order valence-corrected chi connectivity index (χ2v) is 6.41. The van der Waals surface area contributed by atoms with E-state index < -0.39 is 0 Å². The molecule has 0 radical (unpaired) electrons. The van der Waals surface area contributed by atoms with Crippen LogP contribution in [0, 0.1) is 0 Å². The van der Waals surface area contributed by atoms with E-state index in [1.165, 1.54) is 6.08 Å². The predicted octanol–water partition coefficient (Wildman–Crippen LogP) is 7.07. The predicted molar refractivity (Wildman–Crippen MR) is 114 cm³/mol. The summed E-state index contributed by atoms with van der Waals surface area (Å²) < 4.78 is 5.71. The molecule has 4 heteroatoms. The van der Waals surface area contributed by atoms with Gasteiger partial charge in [-0.1, -0.05) is 66.2 Å². The van der Waals surface area contributed by atoms with E-state index in [4.69, 9.17) is 16.0 Å². The van der Waals surface area contributed by atoms with Gasteiger partial charge in [0.05, 0.1) is 0 Å². The van der Waals surface area contributed by atoms with Crippen LogP contribution < -0.4 is 0 Å². The highest BCUT2D eigenvalue weighted by Gasteiger charge is 2.10. The number of hydrogen-bond donors (Lipinski definition) is 0. The van der Waals surface area contributed by atoms with Crippen molar-refractivity contribution in [3.05, 3.63) is 101 Å². The number of furan rings is 1. The number of benzene rings is 3. The summed E-state index contributed by atoms with van der Waals surface area (Å²) in [5, 5.41) is 1.58. The first kappa shape index (κ1) is 19.0. The lowest BCUT2D eigenvalue weighted by atomic mass is 10.0. The average molecular weight is 395 g/mol. The number of fused-ring (bicyclic) bond motifs is 1. The Morgan fingerprint density at radius 2 is 1.59 bits per heavy atom. The van der Waals surface area contributed by atoms with Crippen molar-refractivity contribution in [1.29, 1.82) is 0 Å². The Morgan fingerprint density at radius 1 is 0.852 bits per heavy atom. The zero-order valence-corrected chi connectivity index (χ0v) is 15.8. The molecular weight excluding hydrogens is 379 g/mol. The molecule has 0 bridgehead atoms. The van der Waals surface area contributed by atoms with Gasteiger partial charge in [0.2, 0.25) is 5.78 Å². The Kier molecular flexibility index (Phi) is 5.80. The topological polar surface area (TPSA) is 30.2 Å². The van der Waals surface area contributed by atoms with Crippen molar-refractivity contribution in [2.45, 2.75) is 0 Å². The number of carbonyl (C=O) groups excluding carboxylic acids is 1. The van der Waals surface area contributed by atoms with Crippen LogP contribution in [0.2, 0.25) is 5.02 Å². The molecule has 0 aliphatic heterocycles. The van der Waals surface area contributed by atoms with Crippen LogP contribution in [0.25, 0.3) is 28.2 Å². The van der Waals surface area contributed by atoms with Crippen LogP contribution in [0.5, 0.6) is 0 Å². The maximum atomic E-state index is 12.4. The molecule has 3 aromatic carbocycles. The first-order valence-electron chi connectivity index (χ1n) is 8.26. The molecule has 4 rings (SSSR count). The fourth-order valence-corrected chi connectivity index (χ4v) is 2.93. The zero-order chi connectivity index (χ0) is 17.9. The minimum atomic E-state index is -0.169. The second kappa shape index (κ2) is 8.26. The zero-order valence-electron chi connectivity index (χ0n) is 14.3. The van der Waals surface area contributed by atoms with Crippen molar-refractivity contribution in [2.24, 2.45) is 0 Å². The highest BCUT2D eigenvalue weighted by atomic mass is 35.5. The standard InChI is InChI=1S/C23H15ClO2.ClH/c24-20-10-6-16(7-11-20)8-12-21(25)23-15-19-14-18(9-13-22(19)26-23)17-4-2-1-3-5-17;/h1-15H;1H/b12-8+;. The lowest BCUT2D eigenvalue weighted by molar-refractivity contribution is 0.102. The molecule has 0 N–H and O–H groups in total. The van der Waals surface area contributed by atoms with E-state index in [0.29, 0.717) is 16.4 Å². The molecule has 0 spiro atoms. The van der Waals surface area contributed by atoms with Gasteiger partial charge in [0.25, 0.3) is 0 Å². The highest BCUT2D eigenvalue weighted by Crippen LogP contribution is 2.27. The molecule has 27 heavy (non-hydrogen) atoms. The number of halogens is 2. The molecule has 0 saturated carbocycles. The normalized spacial score (nSPS) is 10.9. The third-order valence-electron chi connectivity index (χ3n) is 4.16. The van der Waals surface area contributed by atoms with E-state index in [9.17, 15) is 4.79 Å². The lowest BCUT2D eigenvalue weighted by Gasteiger charge is -2.00. The Labute approximate surface area is 168 Å². The molecule has 1 aromatic heterocycles. The fourth-order valence-electron chi connectivity index (χ4n) is 2.80. The Hall–Kier alpha value is -2.81. The maximum Gasteiger partial charge on any atom is 0.221 e. The van der Waals surface area contributed by atoms with E-state index in [-0.39, 0.29) is 18.2 Å². The van der Waals surface area contributed by atoms with Crippen LogP contribution in [0.4, 0.5) is 0 Å². The largest absolute Gasteiger partial charge is 0.453 e. The summed E-state index contributed by atoms with van der Waals surface area (Å²) in [6, 6.07) is 25.1. The molecule has 0 saturated heterocycles. The van der Waals surface area contributed by atoms with E-state index in [0.717, 1.165) is 22.1 Å². The number of carbonyl (C=O) groups is 1. The van der Waals surface area contributed by atoms with Crippen molar-refractivity contribution < 1.29 is 9.21 Å². The number of allylic oxidation sites excluding steroid dienone is 1. The summed E-state index contributed by atoms with van der Waals surface area (Å²) in [5.74, 6) is 0.160. The summed E-state index contributed by atoms with van der Waals surface area (Å²) in [7, 11) is 0. The number of ketones is 1. The van der Waals surface area contributed by atoms with Gasteiger partial charge in [0.1, 0.15) is 5.58 Å². The molecule has 134 valence electrons. The van der Waals surface area contributed by atoms with Crippen molar-refractivity contribution in [3.8, 4) is 11.1 Å². The quantitative estimate of drug-likeness (QED) is 0.273. The summed E-state index contributed by atoms with van der Waals surface area (Å²) in [6.07, 6.45) is 3.26. The number of hydrogen-bond acceptors (Lipinski definition) is 2. The Balaban J connectivity index is 0.00000210. The van der Waals surface area contributed by atoms with Gasteiger partial charge in [0, 0.05) is 10.4 Å². The summed E-state index contributed by atoms with van der Waals surface area (Å²) in [4.78, 5) is 12.4. The molecule has 2 nitrogen and oxygen atoms in total. The van der Waals surface area contributed by atoms with Crippen LogP contribution >= 0.6 is 24.0 Å². The monoisotopic (exact) mass is 394 g/mol. The third-order valence-corrected chi connectivity index (χ3v) is 4.42. The van der Waals surface area contributed by atoms with Crippen LogP contribution in [-0.4, -0.2) is 5.78 Å². The molecule has 4 aromatic rings. The molecular formula is C23H16Cl2O2. The lowest BCUT2D eigenvalue weighted by Crippen LogP contribution is -1.90. The van der Waals surface area contributed by atoms with Crippen molar-refractivity contribution in [1.82, 2.24) is 0 Å². The smallest absolute Gasteiger partial charge is 0.221 e. The Morgan fingerprint density at radius 3 is 2.33 bits per heavy atom. The van der Waals surface area contributed by atoms with Crippen LogP contribution in [0.3, 0.4) is 0 Å². The fraction of sp³-hybridized carbons (Fsp3) is 0. The Bertz CT molecular complexity index is 1090. The van der Waals surface area contributed by atoms with E-state index in [1.54, 1.807) is 24.3 Å². The molecule has 1 heterocycles. The SMILES string of the molecule is Cl.O=C(/C=C/c1ccc(Cl)cc1)c1cc2cc(-c3ccccc3)ccc2o1. The number of rotatable bonds is 4. The maximum absolute atomic E-state index is 12.4. The summed E-state index contributed by atoms with van der Waals surface area (Å²) >= 11 is 5.87. The molecule has 0 amide bonds. The van der Waals surface area contributed by atoms with Crippen LogP contribution in [0.15, 0.2) is 89.4 Å². The first-order chi connectivity index (χ1) is 12.7. The molecule has 0 aliphatic carbocycles. The minimum Gasteiger partial charge on any atom is -0.453 e. The van der Waals surface area contributed by atoms with Crippen molar-refractivity contribution in [2.75, 3.05) is 0 Å². The van der Waals surface area contributed by atoms with Gasteiger partial charge >= 0.3 is 0 Å². The van der Waals surface area contributed by atoms with Gasteiger partial charge in [0.15, 0.2) is 5.76 Å². The van der Waals surface area contributed by atoms with E-state index >= 15 is 0 Å². The second-order valence-electron chi connectivity index (χ2n) is 5.98. The van der Waals surface area contributed by atoms with Gasteiger partial charge in [-0.15, -0.1) is 12.4 Å². The first-order valence-corrected chi connectivity index (χ1v) is 8.64.